The Kier molecular flexibility index (Phi) is 14.8. The van der Waals surface area contributed by atoms with Crippen LogP contribution in [0, 0.1) is 5.92 Å². The Morgan fingerprint density at radius 2 is 1.40 bits per heavy atom. The Morgan fingerprint density at radius 1 is 0.833 bits per heavy atom. The predicted molar refractivity (Wildman–Crippen MR) is 123 cm³/mol. The largest absolute Gasteiger partial charge is 0.493 e. The first-order valence-electron chi connectivity index (χ1n) is 11.9. The van der Waals surface area contributed by atoms with Gasteiger partial charge in [0.05, 0.1) is 19.3 Å². The van der Waals surface area contributed by atoms with Crippen LogP contribution in [0.1, 0.15) is 108 Å². The fourth-order valence-electron chi connectivity index (χ4n) is 3.71. The van der Waals surface area contributed by atoms with E-state index < -0.39 is 5.97 Å². The molecule has 0 spiro atoms. The van der Waals surface area contributed by atoms with Gasteiger partial charge in [0.1, 0.15) is 12.2 Å². The fraction of sp³-hybridized carbons (Fsp3) is 0.692. The van der Waals surface area contributed by atoms with Crippen LogP contribution in [-0.2, 0) is 9.53 Å². The van der Waals surface area contributed by atoms with Crippen molar-refractivity contribution in [3.8, 4) is 5.75 Å². The topological polar surface area (TPSA) is 52.6 Å². The van der Waals surface area contributed by atoms with Crippen molar-refractivity contribution in [1.82, 2.24) is 0 Å². The van der Waals surface area contributed by atoms with Gasteiger partial charge in [-0.15, -0.1) is 0 Å². The van der Waals surface area contributed by atoms with Gasteiger partial charge >= 0.3 is 5.97 Å². The number of esters is 1. The number of para-hydroxylation sites is 1. The summed E-state index contributed by atoms with van der Waals surface area (Å²) in [5, 5.41) is 0. The molecular formula is C26H42O4. The van der Waals surface area contributed by atoms with Crippen LogP contribution in [0.2, 0.25) is 0 Å². The third kappa shape index (κ3) is 11.4. The number of carbonyl (C=O) groups is 2. The molecule has 0 heterocycles. The molecule has 0 amide bonds. The molecule has 4 heteroatoms. The molecule has 0 aromatic heterocycles. The van der Waals surface area contributed by atoms with Gasteiger partial charge in [0, 0.05) is 0 Å². The van der Waals surface area contributed by atoms with Gasteiger partial charge < -0.3 is 9.47 Å². The Morgan fingerprint density at radius 3 is 2.03 bits per heavy atom. The Labute approximate surface area is 183 Å². The zero-order valence-corrected chi connectivity index (χ0v) is 19.4. The number of hydrogen-bond acceptors (Lipinski definition) is 4. The summed E-state index contributed by atoms with van der Waals surface area (Å²) in [6.07, 6.45) is 14.9. The predicted octanol–water partition coefficient (Wildman–Crippen LogP) is 7.15. The summed E-state index contributed by atoms with van der Waals surface area (Å²) in [6, 6.07) is 7.22. The van der Waals surface area contributed by atoms with Gasteiger partial charge in [-0.1, -0.05) is 90.2 Å². The van der Waals surface area contributed by atoms with Gasteiger partial charge in [-0.2, -0.15) is 0 Å². The Hall–Kier alpha value is -1.84. The van der Waals surface area contributed by atoms with Crippen LogP contribution in [0.25, 0.3) is 0 Å². The molecule has 0 bridgehead atoms. The number of ketones is 1. The third-order valence-electron chi connectivity index (χ3n) is 5.63. The number of carbonyl (C=O) groups excluding carboxylic acids is 2. The molecule has 0 aliphatic rings. The number of rotatable bonds is 18. The monoisotopic (exact) mass is 418 g/mol. The highest BCUT2D eigenvalue weighted by Crippen LogP contribution is 2.24. The van der Waals surface area contributed by atoms with E-state index in [0.717, 1.165) is 0 Å². The summed E-state index contributed by atoms with van der Waals surface area (Å²) in [5.74, 6) is 0.309. The van der Waals surface area contributed by atoms with E-state index in [1.807, 2.05) is 12.1 Å². The molecule has 1 unspecified atom stereocenters. The second-order valence-electron chi connectivity index (χ2n) is 8.26. The lowest BCUT2D eigenvalue weighted by atomic mass is 9.95. The molecule has 0 radical (unpaired) electrons. The van der Waals surface area contributed by atoms with Crippen LogP contribution in [0.15, 0.2) is 24.3 Å². The SMILES string of the molecule is CCCCCCCCC(CCCCCC)COc1ccccc1C(=O)CC(=O)OC. The quantitative estimate of drug-likeness (QED) is 0.110. The van der Waals surface area contributed by atoms with Gasteiger partial charge in [-0.25, -0.2) is 0 Å². The summed E-state index contributed by atoms with van der Waals surface area (Å²) in [7, 11) is 1.30. The van der Waals surface area contributed by atoms with E-state index in [-0.39, 0.29) is 12.2 Å². The first kappa shape index (κ1) is 26.2. The van der Waals surface area contributed by atoms with Crippen molar-refractivity contribution in [2.24, 2.45) is 5.92 Å². The van der Waals surface area contributed by atoms with Gasteiger partial charge in [0.15, 0.2) is 5.78 Å². The third-order valence-corrected chi connectivity index (χ3v) is 5.63. The maximum Gasteiger partial charge on any atom is 0.313 e. The van der Waals surface area contributed by atoms with Crippen LogP contribution in [-0.4, -0.2) is 25.5 Å². The first-order chi connectivity index (χ1) is 14.6. The van der Waals surface area contributed by atoms with Crippen molar-refractivity contribution in [3.63, 3.8) is 0 Å². The molecule has 0 aliphatic heterocycles. The maximum absolute atomic E-state index is 12.4. The first-order valence-corrected chi connectivity index (χ1v) is 11.9. The molecule has 0 saturated carbocycles. The highest BCUT2D eigenvalue weighted by Gasteiger charge is 2.17. The van der Waals surface area contributed by atoms with Crippen LogP contribution in [0.3, 0.4) is 0 Å². The van der Waals surface area contributed by atoms with Crippen molar-refractivity contribution in [3.05, 3.63) is 29.8 Å². The Balaban J connectivity index is 2.61. The number of hydrogen-bond donors (Lipinski definition) is 0. The highest BCUT2D eigenvalue weighted by atomic mass is 16.5. The van der Waals surface area contributed by atoms with Gasteiger partial charge in [0.2, 0.25) is 0 Å². The van der Waals surface area contributed by atoms with Crippen LogP contribution < -0.4 is 4.74 Å². The van der Waals surface area contributed by atoms with Crippen LogP contribution >= 0.6 is 0 Å². The molecule has 1 aromatic rings. The minimum absolute atomic E-state index is 0.255. The average Bonchev–Trinajstić information content (AvgIpc) is 2.76. The molecule has 4 nitrogen and oxygen atoms in total. The summed E-state index contributed by atoms with van der Waals surface area (Å²) in [6.45, 7) is 5.11. The molecular weight excluding hydrogens is 376 g/mol. The van der Waals surface area contributed by atoms with Crippen molar-refractivity contribution >= 4 is 11.8 Å². The highest BCUT2D eigenvalue weighted by molar-refractivity contribution is 6.07. The normalized spacial score (nSPS) is 11.8. The lowest BCUT2D eigenvalue weighted by molar-refractivity contribution is -0.139. The molecule has 30 heavy (non-hydrogen) atoms. The van der Waals surface area contributed by atoms with Gasteiger partial charge in [-0.05, 0) is 30.9 Å². The molecule has 1 atom stereocenters. The van der Waals surface area contributed by atoms with E-state index in [1.165, 1.54) is 84.2 Å². The minimum atomic E-state index is -0.522. The van der Waals surface area contributed by atoms with E-state index >= 15 is 0 Å². The number of ether oxygens (including phenoxy) is 2. The average molecular weight is 419 g/mol. The van der Waals surface area contributed by atoms with E-state index in [0.29, 0.717) is 23.8 Å². The number of benzene rings is 1. The summed E-state index contributed by atoms with van der Waals surface area (Å²) in [4.78, 5) is 23.9. The van der Waals surface area contributed by atoms with Crippen molar-refractivity contribution in [1.29, 1.82) is 0 Å². The molecule has 0 aliphatic carbocycles. The van der Waals surface area contributed by atoms with E-state index in [2.05, 4.69) is 18.6 Å². The summed E-state index contributed by atoms with van der Waals surface area (Å²) < 4.78 is 10.7. The van der Waals surface area contributed by atoms with E-state index in [9.17, 15) is 9.59 Å². The van der Waals surface area contributed by atoms with E-state index in [1.54, 1.807) is 12.1 Å². The van der Waals surface area contributed by atoms with Crippen LogP contribution in [0.5, 0.6) is 5.75 Å². The maximum atomic E-state index is 12.4. The van der Waals surface area contributed by atoms with Gasteiger partial charge in [0.25, 0.3) is 0 Å². The van der Waals surface area contributed by atoms with Crippen molar-refractivity contribution in [2.75, 3.05) is 13.7 Å². The molecule has 0 saturated heterocycles. The van der Waals surface area contributed by atoms with E-state index in [4.69, 9.17) is 4.74 Å². The zero-order chi connectivity index (χ0) is 22.0. The zero-order valence-electron chi connectivity index (χ0n) is 19.4. The van der Waals surface area contributed by atoms with Gasteiger partial charge in [-0.3, -0.25) is 9.59 Å². The lowest BCUT2D eigenvalue weighted by Gasteiger charge is -2.19. The van der Waals surface area contributed by atoms with Crippen LogP contribution in [0.4, 0.5) is 0 Å². The van der Waals surface area contributed by atoms with Crippen molar-refractivity contribution in [2.45, 2.75) is 97.3 Å². The molecule has 1 aromatic carbocycles. The smallest absolute Gasteiger partial charge is 0.313 e. The second-order valence-corrected chi connectivity index (χ2v) is 8.26. The fourth-order valence-corrected chi connectivity index (χ4v) is 3.71. The number of methoxy groups -OCH3 is 1. The second kappa shape index (κ2) is 16.9. The summed E-state index contributed by atoms with van der Waals surface area (Å²) in [5.41, 5.74) is 0.465. The molecule has 0 N–H and O–H groups in total. The minimum Gasteiger partial charge on any atom is -0.493 e. The number of unbranched alkanes of at least 4 members (excludes halogenated alkanes) is 8. The summed E-state index contributed by atoms with van der Waals surface area (Å²) >= 11 is 0. The Bertz CT molecular complexity index is 596. The number of Topliss-reactive ketones (excluding diaryl/α,β-unsaturated/α-hetero) is 1. The molecule has 1 rings (SSSR count). The standard InChI is InChI=1S/C26H42O4/c1-4-6-8-10-11-13-17-22(16-12-9-7-5-2)21-30-25-19-15-14-18-23(25)24(27)20-26(28)29-3/h14-15,18-19,22H,4-13,16-17,20-21H2,1-3H3. The molecule has 170 valence electrons. The van der Waals surface area contributed by atoms with Crippen molar-refractivity contribution < 1.29 is 19.1 Å². The molecule has 0 fully saturated rings. The lowest BCUT2D eigenvalue weighted by Crippen LogP contribution is -2.15.